The van der Waals surface area contributed by atoms with Crippen LogP contribution in [-0.2, 0) is 0 Å². The minimum absolute atomic E-state index is 0.109. The van der Waals surface area contributed by atoms with Crippen LogP contribution < -0.4 is 10.6 Å². The van der Waals surface area contributed by atoms with E-state index in [9.17, 15) is 13.2 Å². The summed E-state index contributed by atoms with van der Waals surface area (Å²) in [4.78, 5) is 14.6. The Labute approximate surface area is 137 Å². The molecule has 0 aromatic carbocycles. The highest BCUT2D eigenvalue weighted by atomic mass is 19.4. The first kappa shape index (κ1) is 15.4. The molecule has 1 spiro atoms. The maximum Gasteiger partial charge on any atom is 0.392 e. The third-order valence-corrected chi connectivity index (χ3v) is 5.47. The van der Waals surface area contributed by atoms with E-state index in [-0.39, 0.29) is 6.42 Å². The molecule has 1 aliphatic heterocycles. The van der Waals surface area contributed by atoms with Crippen molar-refractivity contribution in [3.8, 4) is 0 Å². The fraction of sp³-hybridized carbons (Fsp3) is 0.562. The first-order chi connectivity index (χ1) is 11.4. The molecule has 2 fully saturated rings. The number of hydrogen-bond donors (Lipinski definition) is 1. The smallest absolute Gasteiger partial charge is 0.384 e. The van der Waals surface area contributed by atoms with Crippen LogP contribution in [0.4, 0.5) is 24.8 Å². The topological polar surface area (TPSA) is 67.9 Å². The number of halogens is 3. The van der Waals surface area contributed by atoms with Gasteiger partial charge in [0.15, 0.2) is 5.65 Å². The largest absolute Gasteiger partial charge is 0.392 e. The Morgan fingerprint density at radius 1 is 1.21 bits per heavy atom. The van der Waals surface area contributed by atoms with Gasteiger partial charge in [-0.15, -0.1) is 0 Å². The first-order valence-electron chi connectivity index (χ1n) is 8.08. The van der Waals surface area contributed by atoms with Crippen LogP contribution in [0.25, 0.3) is 11.0 Å². The summed E-state index contributed by atoms with van der Waals surface area (Å²) in [5, 5.41) is 0.728. The number of nitrogens with zero attached hydrogens (tertiary/aromatic N) is 4. The molecule has 1 saturated heterocycles. The number of anilines is 2. The van der Waals surface area contributed by atoms with E-state index in [2.05, 4.69) is 15.0 Å². The van der Waals surface area contributed by atoms with E-state index < -0.39 is 17.5 Å². The van der Waals surface area contributed by atoms with E-state index in [0.717, 1.165) is 11.8 Å². The third kappa shape index (κ3) is 2.35. The quantitative estimate of drug-likeness (QED) is 0.866. The zero-order valence-electron chi connectivity index (χ0n) is 13.1. The normalized spacial score (nSPS) is 23.5. The van der Waals surface area contributed by atoms with Gasteiger partial charge in [-0.3, -0.25) is 0 Å². The molecule has 0 radical (unpaired) electrons. The summed E-state index contributed by atoms with van der Waals surface area (Å²) in [5.41, 5.74) is 5.48. The summed E-state index contributed by atoms with van der Waals surface area (Å²) in [6, 6.07) is 3.45. The van der Waals surface area contributed by atoms with E-state index in [0.29, 0.717) is 43.2 Å². The molecule has 4 rings (SSSR count). The molecule has 1 aliphatic carbocycles. The van der Waals surface area contributed by atoms with Crippen LogP contribution in [0.1, 0.15) is 25.7 Å². The Kier molecular flexibility index (Phi) is 3.33. The lowest BCUT2D eigenvalue weighted by Crippen LogP contribution is -2.56. The standard InChI is InChI=1S/C16H18F3N5/c17-16(18,19)11-4-7-24(8-15(11)5-1-6-15)14-10-2-3-12(20)23-13(10)21-9-22-14/h2-3,9,11H,1,4-8H2,(H2,20,21,22,23). The molecule has 24 heavy (non-hydrogen) atoms. The van der Waals surface area contributed by atoms with Crippen molar-refractivity contribution in [1.29, 1.82) is 0 Å². The number of nitrogen functional groups attached to an aromatic ring is 1. The number of rotatable bonds is 1. The molecular weight excluding hydrogens is 319 g/mol. The van der Waals surface area contributed by atoms with Crippen molar-refractivity contribution < 1.29 is 13.2 Å². The number of aromatic nitrogens is 3. The van der Waals surface area contributed by atoms with Gasteiger partial charge in [0.1, 0.15) is 18.0 Å². The van der Waals surface area contributed by atoms with Crippen LogP contribution in [0, 0.1) is 11.3 Å². The predicted molar refractivity (Wildman–Crippen MR) is 84.4 cm³/mol. The van der Waals surface area contributed by atoms with E-state index in [4.69, 9.17) is 5.73 Å². The lowest BCUT2D eigenvalue weighted by atomic mass is 9.58. The van der Waals surface area contributed by atoms with Crippen LogP contribution in [0.5, 0.6) is 0 Å². The van der Waals surface area contributed by atoms with Crippen LogP contribution in [0.15, 0.2) is 18.5 Å². The summed E-state index contributed by atoms with van der Waals surface area (Å²) < 4.78 is 40.2. The number of alkyl halides is 3. The van der Waals surface area contributed by atoms with Crippen molar-refractivity contribution in [2.45, 2.75) is 31.9 Å². The van der Waals surface area contributed by atoms with E-state index in [1.165, 1.54) is 6.33 Å². The van der Waals surface area contributed by atoms with Crippen molar-refractivity contribution in [3.05, 3.63) is 18.5 Å². The number of hydrogen-bond acceptors (Lipinski definition) is 5. The highest BCUT2D eigenvalue weighted by Crippen LogP contribution is 2.56. The Morgan fingerprint density at radius 3 is 2.67 bits per heavy atom. The molecule has 5 nitrogen and oxygen atoms in total. The highest BCUT2D eigenvalue weighted by molar-refractivity contribution is 5.87. The summed E-state index contributed by atoms with van der Waals surface area (Å²) in [6.45, 7) is 0.718. The number of fused-ring (bicyclic) bond motifs is 1. The van der Waals surface area contributed by atoms with E-state index >= 15 is 0 Å². The predicted octanol–water partition coefficient (Wildman–Crippen LogP) is 3.17. The second-order valence-electron chi connectivity index (χ2n) is 6.82. The number of pyridine rings is 1. The summed E-state index contributed by atoms with van der Waals surface area (Å²) in [7, 11) is 0. The number of nitrogens with two attached hydrogens (primary N) is 1. The van der Waals surface area contributed by atoms with Crippen LogP contribution in [-0.4, -0.2) is 34.2 Å². The lowest BCUT2D eigenvalue weighted by Gasteiger charge is -2.54. The molecule has 3 heterocycles. The maximum atomic E-state index is 13.4. The molecule has 8 heteroatoms. The van der Waals surface area contributed by atoms with Gasteiger partial charge in [0.25, 0.3) is 0 Å². The van der Waals surface area contributed by atoms with Crippen LogP contribution in [0.2, 0.25) is 0 Å². The number of piperidine rings is 1. The summed E-state index contributed by atoms with van der Waals surface area (Å²) in [6.07, 6.45) is -0.506. The second kappa shape index (κ2) is 5.19. The molecule has 2 N–H and O–H groups in total. The molecule has 0 bridgehead atoms. The van der Waals surface area contributed by atoms with Crippen molar-refractivity contribution >= 4 is 22.7 Å². The SMILES string of the molecule is Nc1ccc2c(N3CCC(C(F)(F)F)C4(CCC4)C3)ncnc2n1. The van der Waals surface area contributed by atoms with Gasteiger partial charge >= 0.3 is 6.18 Å². The van der Waals surface area contributed by atoms with Gasteiger partial charge in [0.2, 0.25) is 0 Å². The molecule has 2 aromatic rings. The molecular formula is C16H18F3N5. The summed E-state index contributed by atoms with van der Waals surface area (Å²) >= 11 is 0. The molecule has 2 aromatic heterocycles. The molecule has 1 saturated carbocycles. The van der Waals surface area contributed by atoms with Crippen molar-refractivity contribution in [2.24, 2.45) is 11.3 Å². The van der Waals surface area contributed by atoms with E-state index in [1.54, 1.807) is 12.1 Å². The monoisotopic (exact) mass is 337 g/mol. The molecule has 1 atom stereocenters. The van der Waals surface area contributed by atoms with Crippen molar-refractivity contribution in [2.75, 3.05) is 23.7 Å². The van der Waals surface area contributed by atoms with Crippen LogP contribution in [0.3, 0.4) is 0 Å². The van der Waals surface area contributed by atoms with E-state index in [1.807, 2.05) is 4.90 Å². The zero-order valence-corrected chi connectivity index (χ0v) is 13.1. The minimum Gasteiger partial charge on any atom is -0.384 e. The lowest BCUT2D eigenvalue weighted by molar-refractivity contribution is -0.225. The summed E-state index contributed by atoms with van der Waals surface area (Å²) in [5.74, 6) is -0.199. The van der Waals surface area contributed by atoms with Gasteiger partial charge in [-0.2, -0.15) is 13.2 Å². The zero-order chi connectivity index (χ0) is 16.9. The third-order valence-electron chi connectivity index (χ3n) is 5.47. The molecule has 1 unspecified atom stereocenters. The highest BCUT2D eigenvalue weighted by Gasteiger charge is 2.58. The average Bonchev–Trinajstić information content (AvgIpc) is 2.51. The molecule has 0 amide bonds. The fourth-order valence-electron chi connectivity index (χ4n) is 4.19. The minimum atomic E-state index is -4.13. The van der Waals surface area contributed by atoms with Crippen LogP contribution >= 0.6 is 0 Å². The van der Waals surface area contributed by atoms with Gasteiger partial charge in [-0.1, -0.05) is 6.42 Å². The Hall–Kier alpha value is -2.12. The molecule has 128 valence electrons. The Bertz CT molecular complexity index is 772. The molecule has 2 aliphatic rings. The van der Waals surface area contributed by atoms with Crippen molar-refractivity contribution in [1.82, 2.24) is 15.0 Å². The average molecular weight is 337 g/mol. The van der Waals surface area contributed by atoms with Crippen molar-refractivity contribution in [3.63, 3.8) is 0 Å². The maximum absolute atomic E-state index is 13.4. The second-order valence-corrected chi connectivity index (χ2v) is 6.82. The van der Waals surface area contributed by atoms with Gasteiger partial charge in [0.05, 0.1) is 11.3 Å². The Balaban J connectivity index is 1.70. The first-order valence-corrected chi connectivity index (χ1v) is 8.08. The Morgan fingerprint density at radius 2 is 2.00 bits per heavy atom. The fourth-order valence-corrected chi connectivity index (χ4v) is 4.19. The van der Waals surface area contributed by atoms with Gasteiger partial charge in [0, 0.05) is 13.1 Å². The van der Waals surface area contributed by atoms with Gasteiger partial charge < -0.3 is 10.6 Å². The van der Waals surface area contributed by atoms with Gasteiger partial charge in [-0.25, -0.2) is 15.0 Å². The van der Waals surface area contributed by atoms with Gasteiger partial charge in [-0.05, 0) is 36.8 Å².